The van der Waals surface area contributed by atoms with E-state index in [1.165, 1.54) is 58.0 Å². The van der Waals surface area contributed by atoms with Gasteiger partial charge >= 0.3 is 0 Å². The molecular weight excluding hydrogens is 300 g/mol. The Labute approximate surface area is 146 Å². The maximum Gasteiger partial charge on any atom is 0.226 e. The fourth-order valence-electron chi connectivity index (χ4n) is 5.34. The summed E-state index contributed by atoms with van der Waals surface area (Å²) in [4.78, 5) is 17.4. The van der Waals surface area contributed by atoms with Gasteiger partial charge in [0.2, 0.25) is 5.91 Å². The molecule has 0 spiro atoms. The number of ether oxygens (including phenoxy) is 1. The average Bonchev–Trinajstić information content (AvgIpc) is 3.37. The Balaban J connectivity index is 1.14. The van der Waals surface area contributed by atoms with Crippen LogP contribution in [0.5, 0.6) is 0 Å². The second kappa shape index (κ2) is 7.74. The van der Waals surface area contributed by atoms with Gasteiger partial charge in [0.25, 0.3) is 0 Å². The lowest BCUT2D eigenvalue weighted by molar-refractivity contribution is -0.135. The Hall–Kier alpha value is -0.610. The number of carbonyl (C=O) groups is 1. The molecule has 136 valence electrons. The average molecular weight is 335 g/mol. The Morgan fingerprint density at radius 2 is 1.50 bits per heavy atom. The molecule has 0 aromatic carbocycles. The van der Waals surface area contributed by atoms with Crippen LogP contribution in [0, 0.1) is 17.8 Å². The van der Waals surface area contributed by atoms with E-state index in [0.29, 0.717) is 17.9 Å². The number of fused-ring (bicyclic) bond motifs is 1. The number of likely N-dealkylation sites (tertiary alicyclic amines) is 2. The predicted molar refractivity (Wildman–Crippen MR) is 94.8 cm³/mol. The lowest BCUT2D eigenvalue weighted by atomic mass is 10.0. The van der Waals surface area contributed by atoms with E-state index in [1.807, 2.05) is 0 Å². The lowest BCUT2D eigenvalue weighted by Crippen LogP contribution is -2.42. The van der Waals surface area contributed by atoms with E-state index in [4.69, 9.17) is 4.74 Å². The van der Waals surface area contributed by atoms with Gasteiger partial charge in [-0.15, -0.1) is 0 Å². The largest absolute Gasteiger partial charge is 0.377 e. The second-order valence-electron chi connectivity index (χ2n) is 8.44. The molecule has 0 aromatic rings. The molecule has 0 radical (unpaired) electrons. The summed E-state index contributed by atoms with van der Waals surface area (Å²) in [7, 11) is 0. The molecule has 2 atom stereocenters. The monoisotopic (exact) mass is 334 g/mol. The van der Waals surface area contributed by atoms with Crippen LogP contribution in [0.15, 0.2) is 0 Å². The van der Waals surface area contributed by atoms with Crippen LogP contribution >= 0.6 is 0 Å². The van der Waals surface area contributed by atoms with Crippen molar-refractivity contribution in [2.45, 2.75) is 63.9 Å². The summed E-state index contributed by atoms with van der Waals surface area (Å²) in [6, 6.07) is 0. The van der Waals surface area contributed by atoms with Crippen molar-refractivity contribution < 1.29 is 9.53 Å². The van der Waals surface area contributed by atoms with Gasteiger partial charge in [0.15, 0.2) is 0 Å². The van der Waals surface area contributed by atoms with Crippen LogP contribution in [0.1, 0.15) is 57.8 Å². The van der Waals surface area contributed by atoms with Gasteiger partial charge in [-0.1, -0.05) is 19.3 Å². The predicted octanol–water partition coefficient (Wildman–Crippen LogP) is 2.92. The summed E-state index contributed by atoms with van der Waals surface area (Å²) in [5.74, 6) is 2.34. The van der Waals surface area contributed by atoms with Crippen molar-refractivity contribution in [3.05, 3.63) is 0 Å². The number of carbonyl (C=O) groups excluding carboxylic acids is 1. The summed E-state index contributed by atoms with van der Waals surface area (Å²) >= 11 is 0. The van der Waals surface area contributed by atoms with Crippen LogP contribution in [0.4, 0.5) is 0 Å². The maximum atomic E-state index is 12.7. The Morgan fingerprint density at radius 1 is 0.833 bits per heavy atom. The molecule has 0 N–H and O–H groups in total. The minimum atomic E-state index is 0.375. The third-order valence-electron chi connectivity index (χ3n) is 6.91. The highest BCUT2D eigenvalue weighted by atomic mass is 16.5. The Kier molecular flexibility index (Phi) is 5.43. The smallest absolute Gasteiger partial charge is 0.226 e. The van der Waals surface area contributed by atoms with Crippen molar-refractivity contribution in [2.24, 2.45) is 17.8 Å². The first kappa shape index (κ1) is 16.8. The molecular formula is C20H34N2O2. The molecule has 2 aliphatic carbocycles. The zero-order chi connectivity index (χ0) is 16.4. The maximum absolute atomic E-state index is 12.7. The molecule has 4 fully saturated rings. The summed E-state index contributed by atoms with van der Waals surface area (Å²) < 4.78 is 6.10. The van der Waals surface area contributed by atoms with E-state index in [1.54, 1.807) is 0 Å². The molecule has 4 heteroatoms. The first-order valence-electron chi connectivity index (χ1n) is 10.5. The topological polar surface area (TPSA) is 32.8 Å². The van der Waals surface area contributed by atoms with Crippen molar-refractivity contribution in [1.29, 1.82) is 0 Å². The fourth-order valence-corrected chi connectivity index (χ4v) is 5.34. The molecule has 2 saturated heterocycles. The minimum Gasteiger partial charge on any atom is -0.377 e. The van der Waals surface area contributed by atoms with Crippen LogP contribution < -0.4 is 0 Å². The van der Waals surface area contributed by atoms with Gasteiger partial charge in [0.1, 0.15) is 0 Å². The summed E-state index contributed by atoms with van der Waals surface area (Å²) in [6.07, 6.45) is 11.8. The fraction of sp³-hybridized carbons (Fsp3) is 0.950. The molecule has 2 aliphatic heterocycles. The van der Waals surface area contributed by atoms with Gasteiger partial charge in [-0.3, -0.25) is 4.79 Å². The van der Waals surface area contributed by atoms with Crippen molar-refractivity contribution in [3.8, 4) is 0 Å². The van der Waals surface area contributed by atoms with Gasteiger partial charge in [-0.2, -0.15) is 0 Å². The van der Waals surface area contributed by atoms with E-state index in [-0.39, 0.29) is 0 Å². The van der Waals surface area contributed by atoms with E-state index < -0.39 is 0 Å². The van der Waals surface area contributed by atoms with E-state index in [2.05, 4.69) is 9.80 Å². The van der Waals surface area contributed by atoms with Crippen molar-refractivity contribution in [3.63, 3.8) is 0 Å². The molecule has 2 saturated carbocycles. The van der Waals surface area contributed by atoms with Gasteiger partial charge in [0.05, 0.1) is 12.7 Å². The molecule has 2 heterocycles. The number of nitrogens with zero attached hydrogens (tertiary/aromatic N) is 2. The molecule has 4 rings (SSSR count). The highest BCUT2D eigenvalue weighted by Crippen LogP contribution is 2.56. The van der Waals surface area contributed by atoms with Gasteiger partial charge in [0, 0.05) is 25.6 Å². The Bertz CT molecular complexity index is 415. The van der Waals surface area contributed by atoms with Gasteiger partial charge in [-0.05, 0) is 63.5 Å². The van der Waals surface area contributed by atoms with Crippen LogP contribution in [0.25, 0.3) is 0 Å². The standard InChI is InChI=1S/C20H34N2O2/c23-20(19-17-6-2-3-7-18(17)19)22-12-8-16(9-13-22)24-15-14-21-10-4-1-5-11-21/h16-19H,1-15H2/t17-,18-/m0/s1. The highest BCUT2D eigenvalue weighted by molar-refractivity contribution is 5.82. The summed E-state index contributed by atoms with van der Waals surface area (Å²) in [6.45, 7) is 6.29. The number of hydrogen-bond donors (Lipinski definition) is 0. The van der Waals surface area contributed by atoms with Crippen molar-refractivity contribution in [2.75, 3.05) is 39.3 Å². The SMILES string of the molecule is O=C(C1[C@H]2CCCC[C@H]12)N1CCC(OCCN2CCCCC2)CC1. The molecule has 1 amide bonds. The molecule has 4 nitrogen and oxygen atoms in total. The Morgan fingerprint density at radius 3 is 2.17 bits per heavy atom. The number of amides is 1. The van der Waals surface area contributed by atoms with E-state index in [0.717, 1.165) is 50.9 Å². The summed E-state index contributed by atoms with van der Waals surface area (Å²) in [5.41, 5.74) is 0. The third-order valence-corrected chi connectivity index (χ3v) is 6.91. The lowest BCUT2D eigenvalue weighted by Gasteiger charge is -2.33. The van der Waals surface area contributed by atoms with Gasteiger partial charge < -0.3 is 14.5 Å². The third kappa shape index (κ3) is 3.80. The minimum absolute atomic E-state index is 0.375. The molecule has 0 unspecified atom stereocenters. The van der Waals surface area contributed by atoms with Crippen molar-refractivity contribution >= 4 is 5.91 Å². The first-order valence-corrected chi connectivity index (χ1v) is 10.5. The van der Waals surface area contributed by atoms with Gasteiger partial charge in [-0.25, -0.2) is 0 Å². The highest BCUT2D eigenvalue weighted by Gasteiger charge is 2.55. The van der Waals surface area contributed by atoms with Crippen LogP contribution in [0.2, 0.25) is 0 Å². The number of rotatable bonds is 5. The quantitative estimate of drug-likeness (QED) is 0.775. The van der Waals surface area contributed by atoms with Crippen molar-refractivity contribution in [1.82, 2.24) is 9.80 Å². The van der Waals surface area contributed by atoms with Crippen LogP contribution in [-0.2, 0) is 9.53 Å². The zero-order valence-corrected chi connectivity index (χ0v) is 15.1. The number of piperidine rings is 2. The zero-order valence-electron chi connectivity index (χ0n) is 15.1. The van der Waals surface area contributed by atoms with E-state index in [9.17, 15) is 4.79 Å². The second-order valence-corrected chi connectivity index (χ2v) is 8.44. The first-order chi connectivity index (χ1) is 11.8. The summed E-state index contributed by atoms with van der Waals surface area (Å²) in [5, 5.41) is 0. The van der Waals surface area contributed by atoms with E-state index >= 15 is 0 Å². The molecule has 0 aromatic heterocycles. The molecule has 24 heavy (non-hydrogen) atoms. The van der Waals surface area contributed by atoms with Crippen LogP contribution in [0.3, 0.4) is 0 Å². The molecule has 0 bridgehead atoms. The normalized spacial score (nSPS) is 34.8. The van der Waals surface area contributed by atoms with Crippen LogP contribution in [-0.4, -0.2) is 61.1 Å². The molecule has 4 aliphatic rings. The number of hydrogen-bond acceptors (Lipinski definition) is 3.